The number of halogens is 1. The van der Waals surface area contributed by atoms with Gasteiger partial charge < -0.3 is 19.4 Å². The minimum atomic E-state index is -0.670. The summed E-state index contributed by atoms with van der Waals surface area (Å²) in [5.74, 6) is -0.0562. The zero-order valence-electron chi connectivity index (χ0n) is 17.1. The van der Waals surface area contributed by atoms with E-state index in [-0.39, 0.29) is 11.5 Å². The van der Waals surface area contributed by atoms with Crippen LogP contribution in [0.2, 0.25) is 0 Å². The van der Waals surface area contributed by atoms with Crippen molar-refractivity contribution in [2.45, 2.75) is 38.0 Å². The largest absolute Gasteiger partial charge is 0.481 e. The summed E-state index contributed by atoms with van der Waals surface area (Å²) in [5.41, 5.74) is 0.480. The molecule has 6 nitrogen and oxygen atoms in total. The highest BCUT2D eigenvalue weighted by atomic mass is 19.1. The molecule has 2 aliphatic heterocycles. The molecular formula is C24H23FN2O4. The molecule has 0 radical (unpaired) electrons. The third-order valence-electron chi connectivity index (χ3n) is 6.07. The van der Waals surface area contributed by atoms with Crippen LogP contribution < -0.4 is 15.7 Å². The van der Waals surface area contributed by atoms with E-state index in [4.69, 9.17) is 9.15 Å². The molecule has 7 heteroatoms. The van der Waals surface area contributed by atoms with Gasteiger partial charge in [0, 0.05) is 53.8 Å². The average Bonchev–Trinajstić information content (AvgIpc) is 3.10. The van der Waals surface area contributed by atoms with Gasteiger partial charge in [0.2, 0.25) is 0 Å². The van der Waals surface area contributed by atoms with Gasteiger partial charge in [0.05, 0.1) is 0 Å². The maximum absolute atomic E-state index is 14.3. The summed E-state index contributed by atoms with van der Waals surface area (Å²) < 4.78 is 25.5. The maximum atomic E-state index is 14.3. The molecule has 1 amide bonds. The number of nitrogens with zero attached hydrogens (tertiary/aromatic N) is 1. The van der Waals surface area contributed by atoms with Gasteiger partial charge in [0.15, 0.2) is 6.10 Å². The van der Waals surface area contributed by atoms with Crippen LogP contribution >= 0.6 is 0 Å². The summed E-state index contributed by atoms with van der Waals surface area (Å²) in [6, 6.07) is 13.3. The SMILES string of the molecule is C[C@@H](Oc1ccc2c(-c3ccccc3F)cc(=O)oc2c1)C(=O)N1CC2CCC(C1)N2. The fourth-order valence-corrected chi connectivity index (χ4v) is 4.61. The van der Waals surface area contributed by atoms with Crippen LogP contribution in [0.3, 0.4) is 0 Å². The van der Waals surface area contributed by atoms with E-state index < -0.39 is 17.5 Å². The Kier molecular flexibility index (Phi) is 4.98. The molecule has 160 valence electrons. The van der Waals surface area contributed by atoms with Crippen molar-refractivity contribution in [2.75, 3.05) is 13.1 Å². The lowest BCUT2D eigenvalue weighted by Gasteiger charge is -2.34. The molecule has 2 saturated heterocycles. The average molecular weight is 422 g/mol. The van der Waals surface area contributed by atoms with Crippen LogP contribution in [-0.2, 0) is 4.79 Å². The fraction of sp³-hybridized carbons (Fsp3) is 0.333. The predicted octanol–water partition coefficient (Wildman–Crippen LogP) is 3.33. The van der Waals surface area contributed by atoms with E-state index in [1.165, 1.54) is 12.1 Å². The molecule has 2 aliphatic rings. The second-order valence-electron chi connectivity index (χ2n) is 8.26. The molecule has 2 unspecified atom stereocenters. The Morgan fingerprint density at radius 1 is 1.13 bits per heavy atom. The number of likely N-dealkylation sites (tertiary alicyclic amines) is 1. The molecule has 1 N–H and O–H groups in total. The Labute approximate surface area is 178 Å². The van der Waals surface area contributed by atoms with Gasteiger partial charge >= 0.3 is 5.63 Å². The second-order valence-corrected chi connectivity index (χ2v) is 8.26. The zero-order valence-corrected chi connectivity index (χ0v) is 17.1. The van der Waals surface area contributed by atoms with Crippen LogP contribution in [0.5, 0.6) is 5.75 Å². The van der Waals surface area contributed by atoms with Crippen molar-refractivity contribution in [1.82, 2.24) is 10.2 Å². The second kappa shape index (κ2) is 7.81. The lowest BCUT2D eigenvalue weighted by Crippen LogP contribution is -2.55. The molecule has 3 aromatic rings. The van der Waals surface area contributed by atoms with Gasteiger partial charge in [-0.1, -0.05) is 18.2 Å². The number of carbonyl (C=O) groups excluding carboxylic acids is 1. The first-order valence-corrected chi connectivity index (χ1v) is 10.5. The number of rotatable bonds is 4. The maximum Gasteiger partial charge on any atom is 0.336 e. The summed E-state index contributed by atoms with van der Waals surface area (Å²) in [7, 11) is 0. The predicted molar refractivity (Wildman–Crippen MR) is 114 cm³/mol. The van der Waals surface area contributed by atoms with Gasteiger partial charge in [-0.2, -0.15) is 0 Å². The van der Waals surface area contributed by atoms with Crippen LogP contribution in [0, 0.1) is 5.82 Å². The molecule has 0 aliphatic carbocycles. The van der Waals surface area contributed by atoms with E-state index in [9.17, 15) is 14.0 Å². The highest BCUT2D eigenvalue weighted by molar-refractivity contribution is 5.94. The number of ether oxygens (including phenoxy) is 1. The zero-order chi connectivity index (χ0) is 21.5. The molecule has 5 rings (SSSR count). The van der Waals surface area contributed by atoms with Crippen molar-refractivity contribution in [1.29, 1.82) is 0 Å². The smallest absolute Gasteiger partial charge is 0.336 e. The number of carbonyl (C=O) groups is 1. The van der Waals surface area contributed by atoms with Gasteiger partial charge in [-0.05, 0) is 38.0 Å². The molecule has 1 aromatic heterocycles. The van der Waals surface area contributed by atoms with E-state index >= 15 is 0 Å². The Morgan fingerprint density at radius 2 is 1.87 bits per heavy atom. The summed E-state index contributed by atoms with van der Waals surface area (Å²) >= 11 is 0. The number of hydrogen-bond acceptors (Lipinski definition) is 5. The Morgan fingerprint density at radius 3 is 2.61 bits per heavy atom. The van der Waals surface area contributed by atoms with Gasteiger partial charge in [0.1, 0.15) is 17.1 Å². The van der Waals surface area contributed by atoms with Crippen molar-refractivity contribution in [3.63, 3.8) is 0 Å². The van der Waals surface area contributed by atoms with E-state index in [1.54, 1.807) is 43.3 Å². The Balaban J connectivity index is 1.40. The van der Waals surface area contributed by atoms with E-state index in [1.807, 2.05) is 4.90 Å². The van der Waals surface area contributed by atoms with Crippen molar-refractivity contribution in [2.24, 2.45) is 0 Å². The van der Waals surface area contributed by atoms with Crippen LogP contribution in [0.15, 0.2) is 57.7 Å². The first-order chi connectivity index (χ1) is 15.0. The molecule has 3 heterocycles. The van der Waals surface area contributed by atoms with Crippen molar-refractivity contribution in [3.05, 3.63) is 64.8 Å². The summed E-state index contributed by atoms with van der Waals surface area (Å²) in [6.07, 6.45) is 1.52. The van der Waals surface area contributed by atoms with Crippen LogP contribution in [0.4, 0.5) is 4.39 Å². The van der Waals surface area contributed by atoms with Crippen LogP contribution in [0.1, 0.15) is 19.8 Å². The number of hydrogen-bond donors (Lipinski definition) is 1. The van der Waals surface area contributed by atoms with Crippen LogP contribution in [-0.4, -0.2) is 42.1 Å². The normalized spacial score (nSPS) is 21.3. The highest BCUT2D eigenvalue weighted by Crippen LogP contribution is 2.31. The Hall–Kier alpha value is -3.19. The fourth-order valence-electron chi connectivity index (χ4n) is 4.61. The first-order valence-electron chi connectivity index (χ1n) is 10.5. The third kappa shape index (κ3) is 3.81. The van der Waals surface area contributed by atoms with Gasteiger partial charge in [-0.3, -0.25) is 4.79 Å². The molecule has 2 aromatic carbocycles. The van der Waals surface area contributed by atoms with Crippen molar-refractivity contribution in [3.8, 4) is 16.9 Å². The van der Waals surface area contributed by atoms with Crippen LogP contribution in [0.25, 0.3) is 22.1 Å². The number of benzene rings is 2. The lowest BCUT2D eigenvalue weighted by molar-refractivity contribution is -0.139. The van der Waals surface area contributed by atoms with E-state index in [2.05, 4.69) is 5.32 Å². The number of fused-ring (bicyclic) bond motifs is 3. The molecule has 3 atom stereocenters. The molecular weight excluding hydrogens is 399 g/mol. The van der Waals surface area contributed by atoms with Crippen molar-refractivity contribution >= 4 is 16.9 Å². The molecule has 0 spiro atoms. The summed E-state index contributed by atoms with van der Waals surface area (Å²) in [5, 5.41) is 4.10. The molecule has 0 saturated carbocycles. The minimum absolute atomic E-state index is 0.0555. The van der Waals surface area contributed by atoms with Crippen molar-refractivity contribution < 1.29 is 18.3 Å². The lowest BCUT2D eigenvalue weighted by atomic mass is 10.0. The molecule has 2 fully saturated rings. The van der Waals surface area contributed by atoms with E-state index in [0.29, 0.717) is 47.4 Å². The van der Waals surface area contributed by atoms with Gasteiger partial charge in [-0.25, -0.2) is 9.18 Å². The standard InChI is InChI=1S/C24H23FN2O4/c1-14(24(29)27-12-15-6-7-16(13-27)26-15)30-17-8-9-19-20(11-23(28)31-22(19)10-17)18-4-2-3-5-21(18)25/h2-5,8-11,14-16,26H,6-7,12-13H2,1H3/t14-,15?,16?/m1/s1. The minimum Gasteiger partial charge on any atom is -0.481 e. The number of amides is 1. The number of piperazine rings is 1. The van der Waals surface area contributed by atoms with Gasteiger partial charge in [0.25, 0.3) is 5.91 Å². The highest BCUT2D eigenvalue weighted by Gasteiger charge is 2.36. The topological polar surface area (TPSA) is 71.8 Å². The molecule has 2 bridgehead atoms. The van der Waals surface area contributed by atoms with E-state index in [0.717, 1.165) is 12.8 Å². The first kappa shape index (κ1) is 19.8. The molecule has 31 heavy (non-hydrogen) atoms. The third-order valence-corrected chi connectivity index (χ3v) is 6.07. The number of nitrogens with one attached hydrogen (secondary N) is 1. The summed E-state index contributed by atoms with van der Waals surface area (Å²) in [4.78, 5) is 26.8. The monoisotopic (exact) mass is 422 g/mol. The quantitative estimate of drug-likeness (QED) is 0.653. The summed E-state index contributed by atoms with van der Waals surface area (Å²) in [6.45, 7) is 3.12. The Bertz CT molecular complexity index is 1200. The van der Waals surface area contributed by atoms with Gasteiger partial charge in [-0.15, -0.1) is 0 Å².